The maximum absolute atomic E-state index is 12.9. The maximum atomic E-state index is 12.9. The molecule has 0 radical (unpaired) electrons. The van der Waals surface area contributed by atoms with Gasteiger partial charge in [0.25, 0.3) is 0 Å². The minimum atomic E-state index is -0.768. The molecule has 6 heteroatoms. The first-order chi connectivity index (χ1) is 40.0. The molecule has 0 fully saturated rings. The summed E-state index contributed by atoms with van der Waals surface area (Å²) in [5, 5.41) is 0. The third-order valence-corrected chi connectivity index (χ3v) is 16.0. The second-order valence-electron chi connectivity index (χ2n) is 24.1. The van der Waals surface area contributed by atoms with Crippen molar-refractivity contribution >= 4 is 17.9 Å². The van der Waals surface area contributed by atoms with Crippen LogP contribution in [0.4, 0.5) is 0 Å². The Morgan fingerprint density at radius 1 is 0.259 bits per heavy atom. The van der Waals surface area contributed by atoms with Gasteiger partial charge in [0.15, 0.2) is 6.10 Å². The first-order valence-corrected chi connectivity index (χ1v) is 35.8. The average molecular weight is 1130 g/mol. The molecule has 0 rings (SSSR count). The molecule has 6 nitrogen and oxygen atoms in total. The topological polar surface area (TPSA) is 78.9 Å². The quantitative estimate of drug-likeness (QED) is 0.0261. The lowest BCUT2D eigenvalue weighted by molar-refractivity contribution is -0.167. The highest BCUT2D eigenvalue weighted by Crippen LogP contribution is 2.19. The molecular weight excluding hydrogens is 997 g/mol. The number of carbonyl (C=O) groups is 3. The van der Waals surface area contributed by atoms with E-state index in [-0.39, 0.29) is 31.1 Å². The maximum Gasteiger partial charge on any atom is 0.306 e. The fourth-order valence-electron chi connectivity index (χ4n) is 10.7. The minimum Gasteiger partial charge on any atom is -0.462 e. The Labute approximate surface area is 504 Å². The Kier molecular flexibility index (Phi) is 67.1. The highest BCUT2D eigenvalue weighted by molar-refractivity contribution is 5.71. The van der Waals surface area contributed by atoms with E-state index >= 15 is 0 Å². The van der Waals surface area contributed by atoms with Crippen LogP contribution in [0.2, 0.25) is 0 Å². The number of esters is 3. The number of unbranched alkanes of at least 4 members (excludes halogenated alkanes) is 45. The van der Waals surface area contributed by atoms with E-state index in [1.165, 1.54) is 250 Å². The highest BCUT2D eigenvalue weighted by Gasteiger charge is 2.19. The molecule has 0 saturated heterocycles. The predicted molar refractivity (Wildman–Crippen MR) is 353 cm³/mol. The molecule has 0 heterocycles. The van der Waals surface area contributed by atoms with Crippen LogP contribution in [0.25, 0.3) is 0 Å². The molecule has 1 atom stereocenters. The Balaban J connectivity index is 4.07. The van der Waals surface area contributed by atoms with Crippen LogP contribution in [-0.4, -0.2) is 37.2 Å². The second kappa shape index (κ2) is 69.6. The summed E-state index contributed by atoms with van der Waals surface area (Å²) in [5.41, 5.74) is 0. The third-order valence-electron chi connectivity index (χ3n) is 16.0. The lowest BCUT2D eigenvalue weighted by Crippen LogP contribution is -2.30. The van der Waals surface area contributed by atoms with Crippen molar-refractivity contribution in [1.82, 2.24) is 0 Å². The zero-order chi connectivity index (χ0) is 58.5. The minimum absolute atomic E-state index is 0.0654. The Morgan fingerprint density at radius 3 is 0.753 bits per heavy atom. The molecule has 0 N–H and O–H groups in total. The standard InChI is InChI=1S/C75H136O6/c1-4-7-10-13-16-19-22-25-27-29-30-31-32-33-34-35-36-37-38-39-40-41-42-43-44-45-46-47-49-50-53-56-59-62-65-68-74(77)80-71-72(70-79-73(76)67-64-61-58-55-52-24-21-18-15-12-9-6-3)81-75(78)69-66-63-60-57-54-51-48-28-26-23-20-17-14-11-8-5-2/h7,10,16,19,25,27,30-31,33-34,72H,4-6,8-9,11-15,17-18,20-24,26,28-29,32,35-71H2,1-3H3/b10-7-,19-16-,27-25-,31-30-,34-33-. The smallest absolute Gasteiger partial charge is 0.306 e. The van der Waals surface area contributed by atoms with Gasteiger partial charge in [0, 0.05) is 19.3 Å². The number of carbonyl (C=O) groups excluding carboxylic acids is 3. The average Bonchev–Trinajstić information content (AvgIpc) is 3.47. The van der Waals surface area contributed by atoms with Crippen LogP contribution in [-0.2, 0) is 28.6 Å². The zero-order valence-corrected chi connectivity index (χ0v) is 54.3. The molecular formula is C75H136O6. The normalized spacial score (nSPS) is 12.4. The van der Waals surface area contributed by atoms with Gasteiger partial charge in [-0.3, -0.25) is 14.4 Å². The van der Waals surface area contributed by atoms with Gasteiger partial charge in [0.05, 0.1) is 0 Å². The summed E-state index contributed by atoms with van der Waals surface area (Å²) in [5.74, 6) is -0.837. The van der Waals surface area contributed by atoms with Gasteiger partial charge in [-0.15, -0.1) is 0 Å². The molecule has 0 aliphatic rings. The first kappa shape index (κ1) is 78.1. The number of ether oxygens (including phenoxy) is 3. The summed E-state index contributed by atoms with van der Waals surface area (Å²) in [4.78, 5) is 38.3. The number of allylic oxidation sites excluding steroid dienone is 10. The molecule has 0 aromatic carbocycles. The van der Waals surface area contributed by atoms with Crippen LogP contribution in [0.1, 0.15) is 380 Å². The van der Waals surface area contributed by atoms with Gasteiger partial charge in [-0.05, 0) is 64.2 Å². The lowest BCUT2D eigenvalue weighted by atomic mass is 10.0. The van der Waals surface area contributed by atoms with Crippen LogP contribution >= 0.6 is 0 Å². The summed E-state index contributed by atoms with van der Waals surface area (Å²) < 4.78 is 17.0. The van der Waals surface area contributed by atoms with E-state index in [9.17, 15) is 14.4 Å². The van der Waals surface area contributed by atoms with Gasteiger partial charge in [-0.25, -0.2) is 0 Å². The number of hydrogen-bond donors (Lipinski definition) is 0. The molecule has 0 aromatic rings. The van der Waals surface area contributed by atoms with Crippen LogP contribution in [0, 0.1) is 0 Å². The van der Waals surface area contributed by atoms with Gasteiger partial charge in [-0.1, -0.05) is 358 Å². The van der Waals surface area contributed by atoms with Crippen molar-refractivity contribution < 1.29 is 28.6 Å². The Hall–Kier alpha value is -2.89. The van der Waals surface area contributed by atoms with Gasteiger partial charge in [0.2, 0.25) is 0 Å². The van der Waals surface area contributed by atoms with E-state index in [1.807, 2.05) is 0 Å². The van der Waals surface area contributed by atoms with Crippen molar-refractivity contribution in [3.63, 3.8) is 0 Å². The predicted octanol–water partition coefficient (Wildman–Crippen LogP) is 24.7. The van der Waals surface area contributed by atoms with E-state index in [1.54, 1.807) is 0 Å². The van der Waals surface area contributed by atoms with Crippen molar-refractivity contribution in [3.05, 3.63) is 60.8 Å². The van der Waals surface area contributed by atoms with Crippen LogP contribution < -0.4 is 0 Å². The van der Waals surface area contributed by atoms with Gasteiger partial charge in [0.1, 0.15) is 13.2 Å². The highest BCUT2D eigenvalue weighted by atomic mass is 16.6. The van der Waals surface area contributed by atoms with Gasteiger partial charge in [-0.2, -0.15) is 0 Å². The number of rotatable bonds is 66. The zero-order valence-electron chi connectivity index (χ0n) is 54.3. The lowest BCUT2D eigenvalue weighted by Gasteiger charge is -2.18. The van der Waals surface area contributed by atoms with Crippen LogP contribution in [0.15, 0.2) is 60.8 Å². The van der Waals surface area contributed by atoms with E-state index in [2.05, 4.69) is 81.5 Å². The largest absolute Gasteiger partial charge is 0.462 e. The fraction of sp³-hybridized carbons (Fsp3) is 0.827. The van der Waals surface area contributed by atoms with E-state index in [0.717, 1.165) is 89.9 Å². The second-order valence-corrected chi connectivity index (χ2v) is 24.1. The summed E-state index contributed by atoms with van der Waals surface area (Å²) >= 11 is 0. The molecule has 81 heavy (non-hydrogen) atoms. The van der Waals surface area contributed by atoms with Crippen molar-refractivity contribution in [1.29, 1.82) is 0 Å². The number of hydrogen-bond acceptors (Lipinski definition) is 6. The first-order valence-electron chi connectivity index (χ1n) is 35.8. The fourth-order valence-corrected chi connectivity index (χ4v) is 10.7. The molecule has 0 aliphatic carbocycles. The summed E-state index contributed by atoms with van der Waals surface area (Å²) in [6, 6.07) is 0. The molecule has 0 saturated carbocycles. The molecule has 1 unspecified atom stereocenters. The van der Waals surface area contributed by atoms with Crippen molar-refractivity contribution in [2.75, 3.05) is 13.2 Å². The van der Waals surface area contributed by atoms with Gasteiger partial charge >= 0.3 is 17.9 Å². The molecule has 472 valence electrons. The summed E-state index contributed by atoms with van der Waals surface area (Å²) in [7, 11) is 0. The van der Waals surface area contributed by atoms with Crippen molar-refractivity contribution in [2.24, 2.45) is 0 Å². The summed E-state index contributed by atoms with van der Waals surface area (Å²) in [6.07, 6.45) is 89.8. The van der Waals surface area contributed by atoms with Crippen LogP contribution in [0.5, 0.6) is 0 Å². The Bertz CT molecular complexity index is 1440. The summed E-state index contributed by atoms with van der Waals surface area (Å²) in [6.45, 7) is 6.59. The third kappa shape index (κ3) is 67.8. The monoisotopic (exact) mass is 1130 g/mol. The molecule has 0 aromatic heterocycles. The molecule has 0 bridgehead atoms. The van der Waals surface area contributed by atoms with Crippen LogP contribution in [0.3, 0.4) is 0 Å². The van der Waals surface area contributed by atoms with Crippen molar-refractivity contribution in [3.8, 4) is 0 Å². The van der Waals surface area contributed by atoms with E-state index in [0.29, 0.717) is 19.3 Å². The van der Waals surface area contributed by atoms with E-state index < -0.39 is 6.10 Å². The van der Waals surface area contributed by atoms with E-state index in [4.69, 9.17) is 14.2 Å². The molecule has 0 amide bonds. The SMILES string of the molecule is CC/C=C\C/C=C\C/C=C\C/C=C\C/C=C\CCCCCCCCCCCCCCCCCCCCCC(=O)OCC(COC(=O)CCCCCCCCCCCCCC)OC(=O)CCCCCCCCCCCCCCCCCC. The molecule has 0 aliphatic heterocycles. The van der Waals surface area contributed by atoms with Crippen molar-refractivity contribution in [2.45, 2.75) is 386 Å². The Morgan fingerprint density at radius 2 is 0.481 bits per heavy atom. The molecule has 0 spiro atoms. The van der Waals surface area contributed by atoms with Gasteiger partial charge < -0.3 is 14.2 Å².